The van der Waals surface area contributed by atoms with Crippen LogP contribution in [0.2, 0.25) is 5.02 Å². The minimum atomic E-state index is -0.935. The molecule has 4 rings (SSSR count). The van der Waals surface area contributed by atoms with Crippen molar-refractivity contribution in [3.8, 4) is 5.75 Å². The molecule has 8 nitrogen and oxygen atoms in total. The van der Waals surface area contributed by atoms with Crippen molar-refractivity contribution in [2.45, 2.75) is 38.2 Å². The number of ether oxygens (including phenoxy) is 2. The second-order valence-corrected chi connectivity index (χ2v) is 8.95. The number of halogens is 1. The molecular weight excluding hydrogens is 432 g/mol. The lowest BCUT2D eigenvalue weighted by molar-refractivity contribution is -0.153. The van der Waals surface area contributed by atoms with Crippen LogP contribution in [0, 0.1) is 6.92 Å². The van der Waals surface area contributed by atoms with Gasteiger partial charge in [0.1, 0.15) is 23.7 Å². The number of aromatic amines is 1. The number of morpholine rings is 1. The van der Waals surface area contributed by atoms with Gasteiger partial charge >= 0.3 is 0 Å². The lowest BCUT2D eigenvalue weighted by Crippen LogP contribution is -2.58. The fourth-order valence-corrected chi connectivity index (χ4v) is 4.38. The first-order valence-corrected chi connectivity index (χ1v) is 11.4. The standard InChI is InChI=1S/C23H29ClN4O4/c1-17-13-18(5-6-19(17)24)31-16-23(14-21(29)27-9-3-2-4-10-27)15-28(11-12-32-23)22(30)20-7-8-25-26-20/h5-8,13H,2-4,9-12,14-16H2,1H3,(H,25,26)/t23-/m0/s1. The smallest absolute Gasteiger partial charge is 0.272 e. The quantitative estimate of drug-likeness (QED) is 0.715. The number of amides is 2. The van der Waals surface area contributed by atoms with Gasteiger partial charge in [0.2, 0.25) is 5.91 Å². The summed E-state index contributed by atoms with van der Waals surface area (Å²) in [5, 5.41) is 7.26. The van der Waals surface area contributed by atoms with Crippen LogP contribution in [0.3, 0.4) is 0 Å². The topological polar surface area (TPSA) is 87.8 Å². The summed E-state index contributed by atoms with van der Waals surface area (Å²) in [7, 11) is 0. The van der Waals surface area contributed by atoms with E-state index in [0.717, 1.165) is 37.9 Å². The summed E-state index contributed by atoms with van der Waals surface area (Å²) in [5.41, 5.74) is 0.386. The number of hydrogen-bond donors (Lipinski definition) is 1. The molecule has 9 heteroatoms. The van der Waals surface area contributed by atoms with Crippen molar-refractivity contribution in [2.24, 2.45) is 0 Å². The first-order chi connectivity index (χ1) is 15.5. The van der Waals surface area contributed by atoms with Gasteiger partial charge in [0.15, 0.2) is 0 Å². The number of nitrogens with zero attached hydrogens (tertiary/aromatic N) is 3. The third kappa shape index (κ3) is 5.24. The Morgan fingerprint density at radius 2 is 2.00 bits per heavy atom. The summed E-state index contributed by atoms with van der Waals surface area (Å²) in [6, 6.07) is 7.09. The van der Waals surface area contributed by atoms with E-state index >= 15 is 0 Å². The minimum absolute atomic E-state index is 0.0384. The third-order valence-corrected chi connectivity index (χ3v) is 6.50. The van der Waals surface area contributed by atoms with E-state index in [-0.39, 0.29) is 31.4 Å². The lowest BCUT2D eigenvalue weighted by atomic mass is 9.96. The van der Waals surface area contributed by atoms with E-state index in [1.165, 1.54) is 0 Å². The van der Waals surface area contributed by atoms with Gasteiger partial charge < -0.3 is 19.3 Å². The summed E-state index contributed by atoms with van der Waals surface area (Å²) < 4.78 is 12.3. The van der Waals surface area contributed by atoms with Crippen LogP contribution in [-0.2, 0) is 9.53 Å². The number of aromatic nitrogens is 2. The highest BCUT2D eigenvalue weighted by Crippen LogP contribution is 2.28. The number of piperidine rings is 1. The van der Waals surface area contributed by atoms with Gasteiger partial charge in [0, 0.05) is 30.9 Å². The number of carbonyl (C=O) groups is 2. The Bertz CT molecular complexity index is 945. The number of nitrogens with one attached hydrogen (secondary N) is 1. The second kappa shape index (κ2) is 9.92. The average molecular weight is 461 g/mol. The maximum atomic E-state index is 13.1. The van der Waals surface area contributed by atoms with Gasteiger partial charge in [0.05, 0.1) is 19.6 Å². The van der Waals surface area contributed by atoms with Crippen molar-refractivity contribution in [1.82, 2.24) is 20.0 Å². The third-order valence-electron chi connectivity index (χ3n) is 6.08. The van der Waals surface area contributed by atoms with Crippen LogP contribution in [0.5, 0.6) is 5.75 Å². The van der Waals surface area contributed by atoms with Crippen LogP contribution in [0.4, 0.5) is 0 Å². The molecule has 2 aliphatic rings. The van der Waals surface area contributed by atoms with Crippen LogP contribution >= 0.6 is 11.6 Å². The van der Waals surface area contributed by atoms with Crippen molar-refractivity contribution in [3.05, 3.63) is 46.7 Å². The molecule has 1 aromatic carbocycles. The van der Waals surface area contributed by atoms with Crippen LogP contribution in [0.15, 0.2) is 30.5 Å². The molecule has 0 spiro atoms. The van der Waals surface area contributed by atoms with E-state index in [4.69, 9.17) is 21.1 Å². The number of aryl methyl sites for hydroxylation is 1. The highest BCUT2D eigenvalue weighted by atomic mass is 35.5. The van der Waals surface area contributed by atoms with Gasteiger partial charge in [-0.2, -0.15) is 5.10 Å². The average Bonchev–Trinajstić information content (AvgIpc) is 3.35. The molecule has 2 aliphatic heterocycles. The highest BCUT2D eigenvalue weighted by Gasteiger charge is 2.42. The van der Waals surface area contributed by atoms with Crippen molar-refractivity contribution in [1.29, 1.82) is 0 Å². The van der Waals surface area contributed by atoms with Crippen molar-refractivity contribution < 1.29 is 19.1 Å². The van der Waals surface area contributed by atoms with E-state index < -0.39 is 5.60 Å². The Morgan fingerprint density at radius 3 is 2.72 bits per heavy atom. The zero-order valence-corrected chi connectivity index (χ0v) is 19.1. The van der Waals surface area contributed by atoms with Crippen molar-refractivity contribution in [3.63, 3.8) is 0 Å². The van der Waals surface area contributed by atoms with E-state index in [0.29, 0.717) is 29.6 Å². The van der Waals surface area contributed by atoms with Gasteiger partial charge in [-0.15, -0.1) is 0 Å². The van der Waals surface area contributed by atoms with E-state index in [9.17, 15) is 9.59 Å². The van der Waals surface area contributed by atoms with Gasteiger partial charge in [0.25, 0.3) is 5.91 Å². The fraction of sp³-hybridized carbons (Fsp3) is 0.522. The molecule has 1 N–H and O–H groups in total. The molecule has 32 heavy (non-hydrogen) atoms. The first kappa shape index (κ1) is 22.6. The fourth-order valence-electron chi connectivity index (χ4n) is 4.26. The number of benzene rings is 1. The van der Waals surface area contributed by atoms with Crippen LogP contribution in [-0.4, -0.2) is 76.8 Å². The maximum Gasteiger partial charge on any atom is 0.272 e. The summed E-state index contributed by atoms with van der Waals surface area (Å²) in [5.74, 6) is 0.525. The molecule has 172 valence electrons. The predicted octanol–water partition coefficient (Wildman–Crippen LogP) is 3.06. The second-order valence-electron chi connectivity index (χ2n) is 8.55. The van der Waals surface area contributed by atoms with Crippen molar-refractivity contribution in [2.75, 3.05) is 39.4 Å². The molecule has 0 saturated carbocycles. The molecule has 2 saturated heterocycles. The monoisotopic (exact) mass is 460 g/mol. The van der Waals surface area contributed by atoms with Crippen LogP contribution < -0.4 is 4.74 Å². The molecule has 0 aliphatic carbocycles. The largest absolute Gasteiger partial charge is 0.490 e. The molecule has 0 unspecified atom stereocenters. The molecule has 0 radical (unpaired) electrons. The Hall–Kier alpha value is -2.58. The van der Waals surface area contributed by atoms with E-state index in [1.807, 2.05) is 17.9 Å². The normalized spacial score (nSPS) is 21.4. The Labute approximate surface area is 192 Å². The Balaban J connectivity index is 1.52. The molecule has 0 bridgehead atoms. The number of rotatable bonds is 6. The van der Waals surface area contributed by atoms with Crippen LogP contribution in [0.1, 0.15) is 41.7 Å². The summed E-state index contributed by atoms with van der Waals surface area (Å²) >= 11 is 6.13. The summed E-state index contributed by atoms with van der Waals surface area (Å²) in [6.07, 6.45) is 4.89. The molecule has 3 heterocycles. The number of H-pyrrole nitrogens is 1. The van der Waals surface area contributed by atoms with Gasteiger partial charge in [-0.3, -0.25) is 14.7 Å². The van der Waals surface area contributed by atoms with E-state index in [1.54, 1.807) is 29.3 Å². The molecular formula is C23H29ClN4O4. The first-order valence-electron chi connectivity index (χ1n) is 11.1. The lowest BCUT2D eigenvalue weighted by Gasteiger charge is -2.43. The molecule has 2 fully saturated rings. The Kier molecular flexibility index (Phi) is 7.01. The van der Waals surface area contributed by atoms with Crippen LogP contribution in [0.25, 0.3) is 0 Å². The minimum Gasteiger partial charge on any atom is -0.490 e. The highest BCUT2D eigenvalue weighted by molar-refractivity contribution is 6.31. The molecule has 2 aromatic rings. The van der Waals surface area contributed by atoms with Crippen molar-refractivity contribution >= 4 is 23.4 Å². The molecule has 2 amide bonds. The Morgan fingerprint density at radius 1 is 1.19 bits per heavy atom. The zero-order valence-electron chi connectivity index (χ0n) is 18.3. The number of carbonyl (C=O) groups excluding carboxylic acids is 2. The summed E-state index contributed by atoms with van der Waals surface area (Å²) in [4.78, 5) is 29.7. The van der Waals surface area contributed by atoms with E-state index in [2.05, 4.69) is 10.2 Å². The van der Waals surface area contributed by atoms with Gasteiger partial charge in [-0.1, -0.05) is 11.6 Å². The summed E-state index contributed by atoms with van der Waals surface area (Å²) in [6.45, 7) is 4.63. The molecule has 1 aromatic heterocycles. The number of hydrogen-bond acceptors (Lipinski definition) is 5. The zero-order chi connectivity index (χ0) is 22.6. The van der Waals surface area contributed by atoms with Gasteiger partial charge in [-0.25, -0.2) is 0 Å². The molecule has 1 atom stereocenters. The predicted molar refractivity (Wildman–Crippen MR) is 120 cm³/mol. The maximum absolute atomic E-state index is 13.1. The SMILES string of the molecule is Cc1cc(OC[C@]2(CC(=O)N3CCCCC3)CN(C(=O)c3ccn[nH]3)CCO2)ccc1Cl. The van der Waals surface area contributed by atoms with Gasteiger partial charge in [-0.05, 0) is 56.0 Å². The number of likely N-dealkylation sites (tertiary alicyclic amines) is 1.